The molecule has 0 N–H and O–H groups in total. The molecule has 0 radical (unpaired) electrons. The monoisotopic (exact) mass is 219 g/mol. The lowest BCUT2D eigenvalue weighted by Crippen LogP contribution is -2.06. The Morgan fingerprint density at radius 2 is 2.19 bits per heavy atom. The average Bonchev–Trinajstić information content (AvgIpc) is 2.58. The normalized spacial score (nSPS) is 11.2. The van der Waals surface area contributed by atoms with Crippen LogP contribution in [0, 0.1) is 5.82 Å². The fourth-order valence-corrected chi connectivity index (χ4v) is 2.13. The van der Waals surface area contributed by atoms with Gasteiger partial charge in [-0.05, 0) is 26.0 Å². The van der Waals surface area contributed by atoms with Crippen molar-refractivity contribution in [3.8, 4) is 0 Å². The third-order valence-corrected chi connectivity index (χ3v) is 2.70. The molecule has 0 spiro atoms. The molecule has 0 fully saturated rings. The summed E-state index contributed by atoms with van der Waals surface area (Å²) in [4.78, 5) is 10.6. The van der Waals surface area contributed by atoms with Crippen molar-refractivity contribution in [1.82, 2.24) is 4.57 Å². The highest BCUT2D eigenvalue weighted by Gasteiger charge is 2.13. The Balaban J connectivity index is 2.77. The number of halogens is 1. The molecule has 2 aromatic rings. The summed E-state index contributed by atoms with van der Waals surface area (Å²) < 4.78 is 15.6. The van der Waals surface area contributed by atoms with Gasteiger partial charge in [0.25, 0.3) is 0 Å². The fraction of sp³-hybridized carbons (Fsp3) is 0.308. The minimum Gasteiger partial charge on any atom is -0.339 e. The quantitative estimate of drug-likeness (QED) is 0.727. The van der Waals surface area contributed by atoms with Crippen molar-refractivity contribution in [2.24, 2.45) is 0 Å². The number of hydrogen-bond donors (Lipinski definition) is 0. The van der Waals surface area contributed by atoms with Crippen molar-refractivity contribution in [2.75, 3.05) is 0 Å². The van der Waals surface area contributed by atoms with E-state index in [4.69, 9.17) is 0 Å². The first-order chi connectivity index (χ1) is 7.65. The van der Waals surface area contributed by atoms with E-state index in [1.165, 1.54) is 6.07 Å². The molecule has 1 aromatic heterocycles. The highest BCUT2D eigenvalue weighted by Crippen LogP contribution is 2.26. The topological polar surface area (TPSA) is 22.0 Å². The Kier molecular flexibility index (Phi) is 2.77. The predicted octanol–water partition coefficient (Wildman–Crippen LogP) is 3.10. The number of para-hydroxylation sites is 1. The minimum absolute atomic E-state index is 0.143. The maximum atomic E-state index is 13.8. The number of hydrogen-bond acceptors (Lipinski definition) is 1. The van der Waals surface area contributed by atoms with Gasteiger partial charge in [-0.15, -0.1) is 0 Å². The molecule has 0 atom stereocenters. The van der Waals surface area contributed by atoms with E-state index in [1.807, 2.05) is 30.5 Å². The first kappa shape index (κ1) is 10.9. The summed E-state index contributed by atoms with van der Waals surface area (Å²) in [5.41, 5.74) is 1.46. The summed E-state index contributed by atoms with van der Waals surface area (Å²) in [5, 5.41) is 0.852. The molecule has 84 valence electrons. The average molecular weight is 219 g/mol. The molecule has 0 saturated heterocycles. The Morgan fingerprint density at radius 3 is 2.81 bits per heavy atom. The lowest BCUT2D eigenvalue weighted by molar-refractivity contribution is -0.107. The Labute approximate surface area is 93.7 Å². The number of aldehydes is 1. The summed E-state index contributed by atoms with van der Waals surface area (Å²) in [7, 11) is 0. The zero-order valence-electron chi connectivity index (χ0n) is 9.40. The maximum Gasteiger partial charge on any atom is 0.147 e. The SMILES string of the molecule is CC(C)n1c(CC=O)cc2cccc(F)c21. The molecule has 0 aliphatic carbocycles. The number of carbonyl (C=O) groups is 1. The van der Waals surface area contributed by atoms with Crippen molar-refractivity contribution in [3.63, 3.8) is 0 Å². The molecule has 2 rings (SSSR count). The molecule has 0 aliphatic rings. The first-order valence-electron chi connectivity index (χ1n) is 5.37. The molecule has 0 amide bonds. The maximum absolute atomic E-state index is 13.8. The van der Waals surface area contributed by atoms with Gasteiger partial charge < -0.3 is 9.36 Å². The van der Waals surface area contributed by atoms with Crippen LogP contribution in [0.3, 0.4) is 0 Å². The highest BCUT2D eigenvalue weighted by molar-refractivity contribution is 5.82. The highest BCUT2D eigenvalue weighted by atomic mass is 19.1. The number of fused-ring (bicyclic) bond motifs is 1. The lowest BCUT2D eigenvalue weighted by Gasteiger charge is -2.13. The van der Waals surface area contributed by atoms with E-state index in [1.54, 1.807) is 6.07 Å². The molecule has 0 aliphatic heterocycles. The number of rotatable bonds is 3. The summed E-state index contributed by atoms with van der Waals surface area (Å²) >= 11 is 0. The Morgan fingerprint density at radius 1 is 1.44 bits per heavy atom. The van der Waals surface area contributed by atoms with Gasteiger partial charge in [0.15, 0.2) is 0 Å². The molecule has 1 aromatic carbocycles. The van der Waals surface area contributed by atoms with Crippen molar-refractivity contribution in [2.45, 2.75) is 26.3 Å². The largest absolute Gasteiger partial charge is 0.339 e. The lowest BCUT2D eigenvalue weighted by atomic mass is 10.2. The van der Waals surface area contributed by atoms with Gasteiger partial charge in [0.2, 0.25) is 0 Å². The first-order valence-corrected chi connectivity index (χ1v) is 5.37. The van der Waals surface area contributed by atoms with Crippen LogP contribution in [-0.4, -0.2) is 10.9 Å². The van der Waals surface area contributed by atoms with Gasteiger partial charge in [-0.2, -0.15) is 0 Å². The summed E-state index contributed by atoms with van der Waals surface area (Å²) in [6.45, 7) is 3.97. The second-order valence-electron chi connectivity index (χ2n) is 4.15. The van der Waals surface area contributed by atoms with Crippen LogP contribution in [0.1, 0.15) is 25.6 Å². The zero-order valence-corrected chi connectivity index (χ0v) is 9.40. The molecule has 0 saturated carbocycles. The van der Waals surface area contributed by atoms with Crippen LogP contribution in [0.5, 0.6) is 0 Å². The van der Waals surface area contributed by atoms with E-state index in [2.05, 4.69) is 0 Å². The molecule has 2 nitrogen and oxygen atoms in total. The van der Waals surface area contributed by atoms with Crippen molar-refractivity contribution >= 4 is 17.2 Å². The molecular weight excluding hydrogens is 205 g/mol. The Bertz CT molecular complexity index is 528. The van der Waals surface area contributed by atoms with Gasteiger partial charge in [0, 0.05) is 23.5 Å². The molecule has 0 bridgehead atoms. The van der Waals surface area contributed by atoms with Crippen LogP contribution >= 0.6 is 0 Å². The van der Waals surface area contributed by atoms with Crippen LogP contribution in [-0.2, 0) is 11.2 Å². The summed E-state index contributed by atoms with van der Waals surface area (Å²) in [6, 6.07) is 7.03. The van der Waals surface area contributed by atoms with Crippen molar-refractivity contribution in [1.29, 1.82) is 0 Å². The summed E-state index contributed by atoms with van der Waals surface area (Å²) in [5.74, 6) is -0.233. The van der Waals surface area contributed by atoms with Crippen LogP contribution in [0.25, 0.3) is 10.9 Å². The van der Waals surface area contributed by atoms with Crippen molar-refractivity contribution < 1.29 is 9.18 Å². The zero-order chi connectivity index (χ0) is 11.7. The van der Waals surface area contributed by atoms with E-state index in [9.17, 15) is 9.18 Å². The molecule has 0 unspecified atom stereocenters. The third-order valence-electron chi connectivity index (χ3n) is 2.70. The van der Waals surface area contributed by atoms with E-state index in [0.29, 0.717) is 11.9 Å². The second-order valence-corrected chi connectivity index (χ2v) is 4.15. The predicted molar refractivity (Wildman–Crippen MR) is 62.0 cm³/mol. The van der Waals surface area contributed by atoms with Gasteiger partial charge in [-0.3, -0.25) is 0 Å². The summed E-state index contributed by atoms with van der Waals surface area (Å²) in [6.07, 6.45) is 1.18. The second kappa shape index (κ2) is 4.08. The van der Waals surface area contributed by atoms with E-state index in [0.717, 1.165) is 17.4 Å². The van der Waals surface area contributed by atoms with E-state index < -0.39 is 0 Å². The third kappa shape index (κ3) is 1.62. The minimum atomic E-state index is -0.233. The van der Waals surface area contributed by atoms with Crippen LogP contribution in [0.4, 0.5) is 4.39 Å². The number of nitrogens with zero attached hydrogens (tertiary/aromatic N) is 1. The van der Waals surface area contributed by atoms with Gasteiger partial charge in [0.1, 0.15) is 12.1 Å². The molecule has 1 heterocycles. The van der Waals surface area contributed by atoms with Gasteiger partial charge >= 0.3 is 0 Å². The number of benzene rings is 1. The van der Waals surface area contributed by atoms with Crippen LogP contribution in [0.15, 0.2) is 24.3 Å². The van der Waals surface area contributed by atoms with E-state index in [-0.39, 0.29) is 11.9 Å². The molecule has 3 heteroatoms. The standard InChI is InChI=1S/C13H14FNO/c1-9(2)15-11(6-7-16)8-10-4-3-5-12(14)13(10)15/h3-5,7-9H,6H2,1-2H3. The number of carbonyl (C=O) groups excluding carboxylic acids is 1. The smallest absolute Gasteiger partial charge is 0.147 e. The van der Waals surface area contributed by atoms with Crippen LogP contribution in [0.2, 0.25) is 0 Å². The fourth-order valence-electron chi connectivity index (χ4n) is 2.13. The van der Waals surface area contributed by atoms with Gasteiger partial charge in [-0.25, -0.2) is 4.39 Å². The van der Waals surface area contributed by atoms with Gasteiger partial charge in [0.05, 0.1) is 5.52 Å². The molecule has 16 heavy (non-hydrogen) atoms. The van der Waals surface area contributed by atoms with Crippen LogP contribution < -0.4 is 0 Å². The Hall–Kier alpha value is -1.64. The van der Waals surface area contributed by atoms with Crippen molar-refractivity contribution in [3.05, 3.63) is 35.8 Å². The molecular formula is C13H14FNO. The van der Waals surface area contributed by atoms with Gasteiger partial charge in [-0.1, -0.05) is 12.1 Å². The number of aromatic nitrogens is 1. The van der Waals surface area contributed by atoms with E-state index >= 15 is 0 Å².